The summed E-state index contributed by atoms with van der Waals surface area (Å²) in [6.07, 6.45) is 0.954. The number of ketones is 1. The van der Waals surface area contributed by atoms with Crippen molar-refractivity contribution in [3.05, 3.63) is 22.8 Å². The van der Waals surface area contributed by atoms with Crippen LogP contribution in [0.5, 0.6) is 0 Å². The van der Waals surface area contributed by atoms with Gasteiger partial charge >= 0.3 is 6.09 Å². The summed E-state index contributed by atoms with van der Waals surface area (Å²) < 4.78 is 3.32. The van der Waals surface area contributed by atoms with Gasteiger partial charge in [-0.15, -0.1) is 0 Å². The van der Waals surface area contributed by atoms with Crippen LogP contribution in [-0.4, -0.2) is 63.7 Å². The molecule has 25 heavy (non-hydrogen) atoms. The van der Waals surface area contributed by atoms with E-state index >= 15 is 0 Å². The van der Waals surface area contributed by atoms with E-state index in [0.29, 0.717) is 42.6 Å². The average molecular weight is 494 g/mol. The number of alkyl halides is 4. The molecule has 0 bridgehead atoms. The molecule has 2 heterocycles. The van der Waals surface area contributed by atoms with Crippen molar-refractivity contribution in [2.45, 2.75) is 3.79 Å². The molecular weight excluding hydrogens is 480 g/mol. The van der Waals surface area contributed by atoms with Crippen molar-refractivity contribution >= 4 is 80.0 Å². The fourth-order valence-electron chi connectivity index (χ4n) is 2.23. The van der Waals surface area contributed by atoms with E-state index in [1.807, 2.05) is 4.90 Å². The number of halogens is 5. The molecule has 6 nitrogen and oxygen atoms in total. The zero-order valence-corrected chi connectivity index (χ0v) is 17.5. The maximum absolute atomic E-state index is 11.9. The van der Waals surface area contributed by atoms with Gasteiger partial charge in [0.25, 0.3) is 0 Å². The summed E-state index contributed by atoms with van der Waals surface area (Å²) >= 11 is 26.0. The van der Waals surface area contributed by atoms with Gasteiger partial charge in [-0.2, -0.15) is 0 Å². The fraction of sp³-hybridized carbons (Fsp3) is 0.500. The normalized spacial score (nSPS) is 15.2. The van der Waals surface area contributed by atoms with Gasteiger partial charge in [-0.05, 0) is 6.07 Å². The van der Waals surface area contributed by atoms with Gasteiger partial charge in [0, 0.05) is 37.9 Å². The van der Waals surface area contributed by atoms with E-state index in [-0.39, 0.29) is 17.7 Å². The fourth-order valence-corrected chi connectivity index (χ4v) is 3.00. The maximum atomic E-state index is 11.9. The van der Waals surface area contributed by atoms with Crippen molar-refractivity contribution in [2.24, 2.45) is 0 Å². The van der Waals surface area contributed by atoms with Gasteiger partial charge in [-0.1, -0.05) is 62.3 Å². The van der Waals surface area contributed by atoms with Gasteiger partial charge < -0.3 is 14.5 Å². The number of ether oxygens (including phenoxy) is 1. The third-order valence-corrected chi connectivity index (χ3v) is 4.58. The van der Waals surface area contributed by atoms with Crippen molar-refractivity contribution in [3.8, 4) is 0 Å². The first kappa shape index (κ1) is 20.8. The third kappa shape index (κ3) is 6.03. The molecule has 138 valence electrons. The van der Waals surface area contributed by atoms with E-state index in [1.165, 1.54) is 11.1 Å². The van der Waals surface area contributed by atoms with E-state index in [9.17, 15) is 9.59 Å². The molecule has 0 aromatic carbocycles. The second-order valence-electron chi connectivity index (χ2n) is 5.23. The monoisotopic (exact) mass is 491 g/mol. The molecule has 1 fully saturated rings. The van der Waals surface area contributed by atoms with Crippen LogP contribution in [0.4, 0.5) is 10.6 Å². The number of Topliss-reactive ketones (excluding diaryl/α,β-unsaturated/α-hetero) is 1. The molecule has 0 aliphatic carbocycles. The van der Waals surface area contributed by atoms with Gasteiger partial charge in [0.2, 0.25) is 3.79 Å². The summed E-state index contributed by atoms with van der Waals surface area (Å²) in [4.78, 5) is 31.3. The minimum atomic E-state index is -1.64. The lowest BCUT2D eigenvalue weighted by Gasteiger charge is -2.35. The molecule has 11 heteroatoms. The van der Waals surface area contributed by atoms with E-state index in [0.717, 1.165) is 0 Å². The molecule has 2 rings (SSSR count). The zero-order valence-electron chi connectivity index (χ0n) is 12.9. The maximum Gasteiger partial charge on any atom is 0.410 e. The molecular formula is C14H14BrCl4N3O3. The number of hydrogen-bond donors (Lipinski definition) is 0. The molecule has 1 aromatic heterocycles. The minimum absolute atomic E-state index is 0.0949. The third-order valence-electron chi connectivity index (χ3n) is 3.46. The van der Waals surface area contributed by atoms with E-state index in [2.05, 4.69) is 20.9 Å². The topological polar surface area (TPSA) is 62.7 Å². The van der Waals surface area contributed by atoms with Crippen molar-refractivity contribution < 1.29 is 14.3 Å². The van der Waals surface area contributed by atoms with Crippen LogP contribution in [0, 0.1) is 0 Å². The first-order chi connectivity index (χ1) is 11.7. The molecule has 1 saturated heterocycles. The SMILES string of the molecule is O=C(CBr)c1cnc(N2CCN(C(=O)OCC(Cl)(Cl)Cl)CC2)c(Cl)c1. The van der Waals surface area contributed by atoms with Crippen molar-refractivity contribution in [1.82, 2.24) is 9.88 Å². The highest BCUT2D eigenvalue weighted by molar-refractivity contribution is 9.09. The number of hydrogen-bond acceptors (Lipinski definition) is 5. The summed E-state index contributed by atoms with van der Waals surface area (Å²) in [5.74, 6) is 0.476. The summed E-state index contributed by atoms with van der Waals surface area (Å²) in [5.41, 5.74) is 0.444. The van der Waals surface area contributed by atoms with Crippen molar-refractivity contribution in [1.29, 1.82) is 0 Å². The average Bonchev–Trinajstić information content (AvgIpc) is 2.58. The van der Waals surface area contributed by atoms with Gasteiger partial charge in [0.15, 0.2) is 5.78 Å². The summed E-state index contributed by atoms with van der Waals surface area (Å²) in [6.45, 7) is 1.55. The van der Waals surface area contributed by atoms with Crippen LogP contribution in [0.2, 0.25) is 5.02 Å². The number of carbonyl (C=O) groups excluding carboxylic acids is 2. The summed E-state index contributed by atoms with van der Waals surface area (Å²) in [7, 11) is 0. The Labute approximate surface area is 173 Å². The predicted molar refractivity (Wildman–Crippen MR) is 103 cm³/mol. The number of piperazine rings is 1. The Kier molecular flexibility index (Phi) is 7.46. The number of aromatic nitrogens is 1. The Hall–Kier alpha value is -0.470. The zero-order chi connectivity index (χ0) is 18.6. The van der Waals surface area contributed by atoms with E-state index in [1.54, 1.807) is 6.07 Å². The number of carbonyl (C=O) groups is 2. The van der Waals surface area contributed by atoms with E-state index in [4.69, 9.17) is 51.1 Å². The summed E-state index contributed by atoms with van der Waals surface area (Å²) in [5, 5.41) is 0.596. The van der Waals surface area contributed by atoms with Crippen LogP contribution in [0.1, 0.15) is 10.4 Å². The van der Waals surface area contributed by atoms with Crippen LogP contribution >= 0.6 is 62.3 Å². The molecule has 0 unspecified atom stereocenters. The predicted octanol–water partition coefficient (Wildman–Crippen LogP) is 3.94. The standard InChI is InChI=1S/C14H14BrCl4N3O3/c15-6-11(23)9-5-10(16)12(20-7-9)21-1-3-22(4-2-21)13(24)25-8-14(17,18)19/h5,7H,1-4,6,8H2. The van der Waals surface area contributed by atoms with Gasteiger partial charge in [0.05, 0.1) is 10.4 Å². The molecule has 1 aliphatic rings. The quantitative estimate of drug-likeness (QED) is 0.469. The van der Waals surface area contributed by atoms with E-state index < -0.39 is 9.89 Å². The molecule has 0 N–H and O–H groups in total. The Morgan fingerprint density at radius 1 is 1.24 bits per heavy atom. The first-order valence-corrected chi connectivity index (χ1v) is 9.82. The molecule has 1 aliphatic heterocycles. The lowest BCUT2D eigenvalue weighted by molar-refractivity contribution is 0.101. The van der Waals surface area contributed by atoms with Crippen LogP contribution in [0.15, 0.2) is 12.3 Å². The lowest BCUT2D eigenvalue weighted by atomic mass is 10.2. The number of pyridine rings is 1. The van der Waals surface area contributed by atoms with Crippen LogP contribution in [0.25, 0.3) is 0 Å². The molecule has 0 radical (unpaired) electrons. The largest absolute Gasteiger partial charge is 0.445 e. The van der Waals surface area contributed by atoms with Crippen LogP contribution < -0.4 is 4.90 Å². The molecule has 0 atom stereocenters. The molecule has 1 aromatic rings. The van der Waals surface area contributed by atoms with Gasteiger partial charge in [-0.3, -0.25) is 4.79 Å². The highest BCUT2D eigenvalue weighted by Gasteiger charge is 2.27. The van der Waals surface area contributed by atoms with Crippen LogP contribution in [-0.2, 0) is 4.74 Å². The van der Waals surface area contributed by atoms with Gasteiger partial charge in [-0.25, -0.2) is 9.78 Å². The Morgan fingerprint density at radius 3 is 2.40 bits per heavy atom. The smallest absolute Gasteiger partial charge is 0.410 e. The second-order valence-corrected chi connectivity index (χ2v) is 8.71. The number of amides is 1. The van der Waals surface area contributed by atoms with Crippen molar-refractivity contribution in [2.75, 3.05) is 43.0 Å². The molecule has 0 spiro atoms. The van der Waals surface area contributed by atoms with Crippen molar-refractivity contribution in [3.63, 3.8) is 0 Å². The summed E-state index contributed by atoms with van der Waals surface area (Å²) in [6, 6.07) is 1.59. The Balaban J connectivity index is 1.94. The first-order valence-electron chi connectivity index (χ1n) is 7.19. The number of nitrogens with zero attached hydrogens (tertiary/aromatic N) is 3. The Bertz CT molecular complexity index is 649. The van der Waals surface area contributed by atoms with Crippen LogP contribution in [0.3, 0.4) is 0 Å². The van der Waals surface area contributed by atoms with Gasteiger partial charge in [0.1, 0.15) is 12.4 Å². The number of rotatable bonds is 4. The Morgan fingerprint density at radius 2 is 1.88 bits per heavy atom. The lowest BCUT2D eigenvalue weighted by Crippen LogP contribution is -2.49. The highest BCUT2D eigenvalue weighted by atomic mass is 79.9. The highest BCUT2D eigenvalue weighted by Crippen LogP contribution is 2.27. The molecule has 1 amide bonds. The minimum Gasteiger partial charge on any atom is -0.445 e. The molecule has 0 saturated carbocycles. The number of anilines is 1. The second kappa shape index (κ2) is 8.95.